The van der Waals surface area contributed by atoms with Gasteiger partial charge in [-0.05, 0) is 20.8 Å². The third kappa shape index (κ3) is 4.01. The van der Waals surface area contributed by atoms with Crippen LogP contribution >= 0.6 is 0 Å². The van der Waals surface area contributed by atoms with E-state index in [9.17, 15) is 0 Å². The molecule has 1 heterocycles. The lowest BCUT2D eigenvalue weighted by Gasteiger charge is -2.20. The highest BCUT2D eigenvalue weighted by atomic mass is 15.1. The zero-order valence-corrected chi connectivity index (χ0v) is 9.78. The Kier molecular flexibility index (Phi) is 3.34. The van der Waals surface area contributed by atoms with Crippen LogP contribution in [0.3, 0.4) is 0 Å². The van der Waals surface area contributed by atoms with Crippen molar-refractivity contribution in [3.63, 3.8) is 0 Å². The van der Waals surface area contributed by atoms with Crippen molar-refractivity contribution >= 4 is 5.96 Å². The fourth-order valence-electron chi connectivity index (χ4n) is 1.13. The van der Waals surface area contributed by atoms with Crippen LogP contribution < -0.4 is 11.1 Å². The Bertz CT molecular complexity index is 345. The minimum Gasteiger partial charge on any atom is -0.370 e. The van der Waals surface area contributed by atoms with Gasteiger partial charge in [0.25, 0.3) is 0 Å². The molecule has 0 aromatic carbocycles. The Morgan fingerprint density at radius 1 is 1.60 bits per heavy atom. The maximum atomic E-state index is 5.73. The zero-order chi connectivity index (χ0) is 11.5. The Morgan fingerprint density at radius 2 is 2.27 bits per heavy atom. The minimum absolute atomic E-state index is 0.0603. The maximum Gasteiger partial charge on any atom is 0.189 e. The molecule has 84 valence electrons. The van der Waals surface area contributed by atoms with E-state index in [1.807, 2.05) is 38.6 Å². The lowest BCUT2D eigenvalue weighted by Crippen LogP contribution is -2.45. The summed E-state index contributed by atoms with van der Waals surface area (Å²) in [6, 6.07) is 0. The summed E-state index contributed by atoms with van der Waals surface area (Å²) in [6.07, 6.45) is 3.64. The second kappa shape index (κ2) is 4.33. The Labute approximate surface area is 90.4 Å². The molecule has 0 amide bonds. The van der Waals surface area contributed by atoms with Gasteiger partial charge in [0.1, 0.15) is 12.4 Å². The van der Waals surface area contributed by atoms with Crippen molar-refractivity contribution in [1.82, 2.24) is 14.9 Å². The van der Waals surface area contributed by atoms with E-state index in [1.54, 1.807) is 6.20 Å². The Balaban J connectivity index is 2.55. The van der Waals surface area contributed by atoms with Gasteiger partial charge in [-0.3, -0.25) is 0 Å². The smallest absolute Gasteiger partial charge is 0.189 e. The largest absolute Gasteiger partial charge is 0.370 e. The Morgan fingerprint density at radius 3 is 2.73 bits per heavy atom. The molecule has 5 heteroatoms. The van der Waals surface area contributed by atoms with Crippen molar-refractivity contribution in [2.45, 2.75) is 32.9 Å². The molecule has 3 N–H and O–H groups in total. The van der Waals surface area contributed by atoms with E-state index in [0.717, 1.165) is 5.82 Å². The van der Waals surface area contributed by atoms with Gasteiger partial charge in [-0.25, -0.2) is 9.98 Å². The van der Waals surface area contributed by atoms with Gasteiger partial charge in [0.2, 0.25) is 0 Å². The van der Waals surface area contributed by atoms with Gasteiger partial charge in [0.15, 0.2) is 5.96 Å². The van der Waals surface area contributed by atoms with E-state index in [4.69, 9.17) is 5.73 Å². The van der Waals surface area contributed by atoms with Crippen LogP contribution in [0.5, 0.6) is 0 Å². The average Bonchev–Trinajstić information content (AvgIpc) is 2.44. The summed E-state index contributed by atoms with van der Waals surface area (Å²) < 4.78 is 1.92. The summed E-state index contributed by atoms with van der Waals surface area (Å²) in [4.78, 5) is 8.37. The topological polar surface area (TPSA) is 68.2 Å². The molecule has 0 aliphatic carbocycles. The van der Waals surface area contributed by atoms with E-state index in [2.05, 4.69) is 15.3 Å². The molecule has 0 saturated carbocycles. The standard InChI is InChI=1S/C10H19N5/c1-10(2,3)14-9(11)13-7-8-12-5-6-15(8)4/h5-6H,7H2,1-4H3,(H3,11,13,14). The molecule has 0 spiro atoms. The molecular weight excluding hydrogens is 190 g/mol. The number of aryl methyl sites for hydroxylation is 1. The summed E-state index contributed by atoms with van der Waals surface area (Å²) in [6.45, 7) is 6.61. The molecule has 0 bridgehead atoms. The molecule has 0 radical (unpaired) electrons. The van der Waals surface area contributed by atoms with Crippen molar-refractivity contribution in [2.75, 3.05) is 0 Å². The van der Waals surface area contributed by atoms with Crippen LogP contribution in [0.15, 0.2) is 17.4 Å². The molecule has 1 rings (SSSR count). The fourth-order valence-corrected chi connectivity index (χ4v) is 1.13. The Hall–Kier alpha value is -1.52. The molecule has 5 nitrogen and oxygen atoms in total. The van der Waals surface area contributed by atoms with Crippen molar-refractivity contribution < 1.29 is 0 Å². The summed E-state index contributed by atoms with van der Waals surface area (Å²) in [7, 11) is 1.94. The second-order valence-electron chi connectivity index (χ2n) is 4.53. The number of nitrogens with two attached hydrogens (primary N) is 1. The highest BCUT2D eigenvalue weighted by Gasteiger charge is 2.09. The SMILES string of the molecule is Cn1ccnc1CN=C(N)NC(C)(C)C. The van der Waals surface area contributed by atoms with Gasteiger partial charge in [-0.2, -0.15) is 0 Å². The van der Waals surface area contributed by atoms with Gasteiger partial charge in [0, 0.05) is 25.0 Å². The molecular formula is C10H19N5. The fraction of sp³-hybridized carbons (Fsp3) is 0.600. The number of rotatable bonds is 2. The van der Waals surface area contributed by atoms with Crippen LogP contribution in [0.1, 0.15) is 26.6 Å². The second-order valence-corrected chi connectivity index (χ2v) is 4.53. The number of hydrogen-bond acceptors (Lipinski definition) is 2. The predicted octanol–water partition coefficient (Wildman–Crippen LogP) is 0.623. The van der Waals surface area contributed by atoms with E-state index < -0.39 is 0 Å². The molecule has 1 aromatic rings. The number of imidazole rings is 1. The van der Waals surface area contributed by atoms with Crippen molar-refractivity contribution in [3.8, 4) is 0 Å². The van der Waals surface area contributed by atoms with E-state index in [0.29, 0.717) is 12.5 Å². The van der Waals surface area contributed by atoms with Crippen LogP contribution in [0.2, 0.25) is 0 Å². The summed E-state index contributed by atoms with van der Waals surface area (Å²) in [5.74, 6) is 1.35. The monoisotopic (exact) mass is 209 g/mol. The normalized spacial score (nSPS) is 12.9. The number of nitrogens with one attached hydrogen (secondary N) is 1. The highest BCUT2D eigenvalue weighted by Crippen LogP contribution is 1.99. The summed E-state index contributed by atoms with van der Waals surface area (Å²) in [5, 5.41) is 3.09. The lowest BCUT2D eigenvalue weighted by molar-refractivity contribution is 0.508. The van der Waals surface area contributed by atoms with E-state index >= 15 is 0 Å². The van der Waals surface area contributed by atoms with Gasteiger partial charge >= 0.3 is 0 Å². The average molecular weight is 209 g/mol. The zero-order valence-electron chi connectivity index (χ0n) is 9.78. The first-order valence-electron chi connectivity index (χ1n) is 4.93. The molecule has 15 heavy (non-hydrogen) atoms. The number of hydrogen-bond donors (Lipinski definition) is 2. The molecule has 0 saturated heterocycles. The molecule has 1 aromatic heterocycles. The van der Waals surface area contributed by atoms with E-state index in [-0.39, 0.29) is 5.54 Å². The number of nitrogens with zero attached hydrogens (tertiary/aromatic N) is 3. The molecule has 0 unspecified atom stereocenters. The number of aliphatic imine (C=N–C) groups is 1. The van der Waals surface area contributed by atoms with Crippen LogP contribution in [-0.2, 0) is 13.6 Å². The van der Waals surface area contributed by atoms with Gasteiger partial charge in [-0.15, -0.1) is 0 Å². The van der Waals surface area contributed by atoms with Crippen molar-refractivity contribution in [1.29, 1.82) is 0 Å². The first-order valence-corrected chi connectivity index (χ1v) is 4.93. The third-order valence-corrected chi connectivity index (χ3v) is 1.81. The lowest BCUT2D eigenvalue weighted by atomic mass is 10.1. The van der Waals surface area contributed by atoms with Crippen LogP contribution in [0, 0.1) is 0 Å². The minimum atomic E-state index is -0.0603. The van der Waals surface area contributed by atoms with Crippen LogP contribution in [0.4, 0.5) is 0 Å². The van der Waals surface area contributed by atoms with Gasteiger partial charge in [0.05, 0.1) is 0 Å². The van der Waals surface area contributed by atoms with E-state index in [1.165, 1.54) is 0 Å². The maximum absolute atomic E-state index is 5.73. The third-order valence-electron chi connectivity index (χ3n) is 1.81. The predicted molar refractivity (Wildman–Crippen MR) is 61.4 cm³/mol. The van der Waals surface area contributed by atoms with Gasteiger partial charge in [-0.1, -0.05) is 0 Å². The number of guanidine groups is 1. The van der Waals surface area contributed by atoms with Crippen LogP contribution in [-0.4, -0.2) is 21.0 Å². The molecule has 0 fully saturated rings. The van der Waals surface area contributed by atoms with Crippen LogP contribution in [0.25, 0.3) is 0 Å². The van der Waals surface area contributed by atoms with Crippen molar-refractivity contribution in [2.24, 2.45) is 17.8 Å². The molecule has 0 aliphatic rings. The molecule has 0 aliphatic heterocycles. The highest BCUT2D eigenvalue weighted by molar-refractivity contribution is 5.78. The number of aromatic nitrogens is 2. The first-order chi connectivity index (χ1) is 6.88. The van der Waals surface area contributed by atoms with Crippen molar-refractivity contribution in [3.05, 3.63) is 18.2 Å². The van der Waals surface area contributed by atoms with Gasteiger partial charge < -0.3 is 15.6 Å². The molecule has 0 atom stereocenters. The quantitative estimate of drug-likeness (QED) is 0.554. The first kappa shape index (κ1) is 11.6. The summed E-state index contributed by atoms with van der Waals surface area (Å²) >= 11 is 0. The summed E-state index contributed by atoms with van der Waals surface area (Å²) in [5.41, 5.74) is 5.67.